The van der Waals surface area contributed by atoms with Crippen LogP contribution in [0.1, 0.15) is 38.3 Å². The number of aromatic amines is 1. The zero-order valence-electron chi connectivity index (χ0n) is 10.2. The summed E-state index contributed by atoms with van der Waals surface area (Å²) in [6.45, 7) is 3.84. The van der Waals surface area contributed by atoms with Crippen LogP contribution in [0.25, 0.3) is 0 Å². The van der Waals surface area contributed by atoms with Crippen LogP contribution in [-0.4, -0.2) is 20.9 Å². The summed E-state index contributed by atoms with van der Waals surface area (Å²) in [5.41, 5.74) is 4.01. The average Bonchev–Trinajstić information content (AvgIpc) is 2.31. The zero-order chi connectivity index (χ0) is 12.3. The molecule has 1 atom stereocenters. The third kappa shape index (κ3) is 3.12. The van der Waals surface area contributed by atoms with E-state index in [4.69, 9.17) is 0 Å². The van der Waals surface area contributed by atoms with E-state index in [1.165, 1.54) is 12.8 Å². The number of hydrogen-bond donors (Lipinski definition) is 2. The standard InChI is InChI=1S/C11H17N5O/c1-7-4-3-5-9(6-7)14-16-11-12-10(17)8(2)13-15-11/h7H,3-6H2,1-2H3,(H2,12,15,16,17)/b14-9-/t7-/m0/s1. The Bertz CT molecular complexity index is 479. The second-order valence-corrected chi connectivity index (χ2v) is 4.58. The first-order chi connectivity index (χ1) is 8.15. The van der Waals surface area contributed by atoms with Crippen LogP contribution in [-0.2, 0) is 0 Å². The van der Waals surface area contributed by atoms with Crippen LogP contribution in [0.15, 0.2) is 9.90 Å². The van der Waals surface area contributed by atoms with Gasteiger partial charge in [0.2, 0.25) is 5.95 Å². The topological polar surface area (TPSA) is 83.0 Å². The third-order valence-corrected chi connectivity index (χ3v) is 2.93. The van der Waals surface area contributed by atoms with E-state index >= 15 is 0 Å². The lowest BCUT2D eigenvalue weighted by molar-refractivity contribution is 0.500. The zero-order valence-corrected chi connectivity index (χ0v) is 10.2. The lowest BCUT2D eigenvalue weighted by Crippen LogP contribution is -2.17. The highest BCUT2D eigenvalue weighted by Crippen LogP contribution is 2.21. The summed E-state index contributed by atoms with van der Waals surface area (Å²) in [6.07, 6.45) is 4.47. The van der Waals surface area contributed by atoms with Crippen molar-refractivity contribution < 1.29 is 0 Å². The summed E-state index contributed by atoms with van der Waals surface area (Å²) in [7, 11) is 0. The van der Waals surface area contributed by atoms with Crippen molar-refractivity contribution in [2.75, 3.05) is 5.43 Å². The normalized spacial score (nSPS) is 22.7. The Hall–Kier alpha value is -1.72. The maximum Gasteiger partial charge on any atom is 0.274 e. The van der Waals surface area contributed by atoms with Gasteiger partial charge >= 0.3 is 0 Å². The lowest BCUT2D eigenvalue weighted by Gasteiger charge is -2.18. The van der Waals surface area contributed by atoms with Crippen molar-refractivity contribution in [1.82, 2.24) is 15.2 Å². The molecule has 0 bridgehead atoms. The van der Waals surface area contributed by atoms with Crippen LogP contribution < -0.4 is 11.0 Å². The third-order valence-electron chi connectivity index (χ3n) is 2.93. The molecule has 0 aromatic carbocycles. The maximum atomic E-state index is 11.3. The van der Waals surface area contributed by atoms with Crippen molar-refractivity contribution in [1.29, 1.82) is 0 Å². The number of anilines is 1. The van der Waals surface area contributed by atoms with Gasteiger partial charge < -0.3 is 0 Å². The van der Waals surface area contributed by atoms with E-state index in [1.54, 1.807) is 6.92 Å². The highest BCUT2D eigenvalue weighted by Gasteiger charge is 2.13. The number of aryl methyl sites for hydroxylation is 1. The van der Waals surface area contributed by atoms with Crippen molar-refractivity contribution in [3.63, 3.8) is 0 Å². The van der Waals surface area contributed by atoms with Gasteiger partial charge in [0.05, 0.1) is 0 Å². The number of H-pyrrole nitrogens is 1. The fraction of sp³-hybridized carbons (Fsp3) is 0.636. The fourth-order valence-electron chi connectivity index (χ4n) is 1.94. The van der Waals surface area contributed by atoms with E-state index in [0.717, 1.165) is 18.6 Å². The number of hydrogen-bond acceptors (Lipinski definition) is 5. The minimum absolute atomic E-state index is 0.236. The van der Waals surface area contributed by atoms with Crippen molar-refractivity contribution >= 4 is 11.7 Å². The molecule has 0 radical (unpaired) electrons. The van der Waals surface area contributed by atoms with Gasteiger partial charge in [0.15, 0.2) is 0 Å². The Labute approximate surface area is 99.5 Å². The molecule has 1 aliphatic rings. The molecule has 1 saturated carbocycles. The second kappa shape index (κ2) is 5.07. The van der Waals surface area contributed by atoms with E-state index in [9.17, 15) is 4.79 Å². The van der Waals surface area contributed by atoms with Crippen molar-refractivity contribution in [3.8, 4) is 0 Å². The van der Waals surface area contributed by atoms with Gasteiger partial charge in [-0.15, -0.1) is 10.2 Å². The van der Waals surface area contributed by atoms with E-state index in [0.29, 0.717) is 17.6 Å². The van der Waals surface area contributed by atoms with Gasteiger partial charge in [-0.25, -0.2) is 5.43 Å². The van der Waals surface area contributed by atoms with E-state index < -0.39 is 0 Å². The molecule has 0 saturated heterocycles. The van der Waals surface area contributed by atoms with Crippen molar-refractivity contribution in [2.45, 2.75) is 39.5 Å². The molecule has 1 heterocycles. The molecular weight excluding hydrogens is 218 g/mol. The largest absolute Gasteiger partial charge is 0.288 e. The summed E-state index contributed by atoms with van der Waals surface area (Å²) in [5.74, 6) is 0.985. The highest BCUT2D eigenvalue weighted by atomic mass is 16.1. The summed E-state index contributed by atoms with van der Waals surface area (Å²) in [4.78, 5) is 13.9. The molecule has 2 N–H and O–H groups in total. The number of rotatable bonds is 2. The van der Waals surface area contributed by atoms with Crippen molar-refractivity contribution in [3.05, 3.63) is 16.0 Å². The number of hydrazone groups is 1. The SMILES string of the molecule is Cc1nnc(N/N=C2/CCC[C@H](C)C2)[nH]c1=O. The first kappa shape index (κ1) is 11.8. The van der Waals surface area contributed by atoms with Gasteiger partial charge in [-0.1, -0.05) is 6.92 Å². The second-order valence-electron chi connectivity index (χ2n) is 4.58. The van der Waals surface area contributed by atoms with Gasteiger partial charge in [0, 0.05) is 5.71 Å². The Morgan fingerprint density at radius 1 is 1.47 bits per heavy atom. The van der Waals surface area contributed by atoms with Crippen LogP contribution in [0.5, 0.6) is 0 Å². The maximum absolute atomic E-state index is 11.3. The molecule has 6 heteroatoms. The molecule has 1 aromatic heterocycles. The average molecular weight is 235 g/mol. The van der Waals surface area contributed by atoms with E-state index in [2.05, 4.69) is 32.6 Å². The molecule has 0 spiro atoms. The van der Waals surface area contributed by atoms with Crippen LogP contribution in [0, 0.1) is 12.8 Å². The molecule has 2 rings (SSSR count). The van der Waals surface area contributed by atoms with Gasteiger partial charge in [0.1, 0.15) is 5.69 Å². The monoisotopic (exact) mass is 235 g/mol. The molecule has 0 amide bonds. The first-order valence-electron chi connectivity index (χ1n) is 5.90. The minimum Gasteiger partial charge on any atom is -0.288 e. The van der Waals surface area contributed by atoms with Gasteiger partial charge in [-0.2, -0.15) is 5.10 Å². The summed E-state index contributed by atoms with van der Waals surface area (Å²) < 4.78 is 0. The van der Waals surface area contributed by atoms with E-state index in [-0.39, 0.29) is 5.56 Å². The van der Waals surface area contributed by atoms with Crippen LogP contribution in [0.4, 0.5) is 5.95 Å². The highest BCUT2D eigenvalue weighted by molar-refractivity contribution is 5.85. The first-order valence-corrected chi connectivity index (χ1v) is 5.90. The molecular formula is C11H17N5O. The minimum atomic E-state index is -0.236. The number of nitrogens with zero attached hydrogens (tertiary/aromatic N) is 3. The van der Waals surface area contributed by atoms with Gasteiger partial charge in [0.25, 0.3) is 5.56 Å². The molecule has 17 heavy (non-hydrogen) atoms. The van der Waals surface area contributed by atoms with E-state index in [1.807, 2.05) is 0 Å². The molecule has 0 unspecified atom stereocenters. The molecule has 1 fully saturated rings. The molecule has 1 aromatic rings. The Morgan fingerprint density at radius 2 is 2.29 bits per heavy atom. The predicted octanol–water partition coefficient (Wildman–Crippen LogP) is 1.45. The van der Waals surface area contributed by atoms with Crippen molar-refractivity contribution in [2.24, 2.45) is 11.0 Å². The summed E-state index contributed by atoms with van der Waals surface area (Å²) in [5, 5.41) is 11.8. The molecule has 92 valence electrons. The van der Waals surface area contributed by atoms with Crippen LogP contribution >= 0.6 is 0 Å². The van der Waals surface area contributed by atoms with Gasteiger partial charge in [-0.05, 0) is 38.5 Å². The van der Waals surface area contributed by atoms with Crippen LogP contribution in [0.3, 0.4) is 0 Å². The van der Waals surface area contributed by atoms with Crippen LogP contribution in [0.2, 0.25) is 0 Å². The smallest absolute Gasteiger partial charge is 0.274 e. The number of nitrogens with one attached hydrogen (secondary N) is 2. The fourth-order valence-corrected chi connectivity index (χ4v) is 1.94. The summed E-state index contributed by atoms with van der Waals surface area (Å²) in [6, 6.07) is 0. The Balaban J connectivity index is 2.03. The predicted molar refractivity (Wildman–Crippen MR) is 66.1 cm³/mol. The molecule has 6 nitrogen and oxygen atoms in total. The summed E-state index contributed by atoms with van der Waals surface area (Å²) >= 11 is 0. The Morgan fingerprint density at radius 3 is 3.00 bits per heavy atom. The quantitative estimate of drug-likeness (QED) is 0.760. The Kier molecular flexibility index (Phi) is 3.51. The lowest BCUT2D eigenvalue weighted by atomic mass is 9.89. The molecule has 1 aliphatic carbocycles. The molecule has 0 aliphatic heterocycles. The number of aromatic nitrogens is 3. The van der Waals surface area contributed by atoms with Gasteiger partial charge in [-0.3, -0.25) is 9.78 Å².